The SMILES string of the molecule is C#CCOCCOCCOCCOCCOCO[C@H]1CO[C@H](CO)[C@H]1O. The molecule has 9 heteroatoms. The molecule has 1 rings (SSSR count). The lowest BCUT2D eigenvalue weighted by molar-refractivity contribution is -0.121. The first-order valence-corrected chi connectivity index (χ1v) is 8.64. The number of ether oxygens (including phenoxy) is 7. The molecule has 1 aliphatic rings. The lowest BCUT2D eigenvalue weighted by Gasteiger charge is -2.16. The highest BCUT2D eigenvalue weighted by molar-refractivity contribution is 4.83. The molecule has 2 N–H and O–H groups in total. The Labute approximate surface area is 154 Å². The van der Waals surface area contributed by atoms with Crippen molar-refractivity contribution in [2.45, 2.75) is 18.3 Å². The maximum Gasteiger partial charge on any atom is 0.147 e. The van der Waals surface area contributed by atoms with Gasteiger partial charge in [0.1, 0.15) is 31.7 Å². The average molecular weight is 378 g/mol. The molecule has 3 atom stereocenters. The van der Waals surface area contributed by atoms with E-state index in [1.165, 1.54) is 0 Å². The van der Waals surface area contributed by atoms with Crippen LogP contribution in [-0.4, -0.2) is 108 Å². The first-order valence-electron chi connectivity index (χ1n) is 8.64. The molecule has 1 heterocycles. The number of hydrogen-bond donors (Lipinski definition) is 2. The second-order valence-corrected chi connectivity index (χ2v) is 5.37. The van der Waals surface area contributed by atoms with Gasteiger partial charge >= 0.3 is 0 Å². The normalized spacial score (nSPS) is 22.6. The minimum Gasteiger partial charge on any atom is -0.394 e. The summed E-state index contributed by atoms with van der Waals surface area (Å²) >= 11 is 0. The molecular formula is C17H30O9. The smallest absolute Gasteiger partial charge is 0.147 e. The molecule has 0 aliphatic carbocycles. The summed E-state index contributed by atoms with van der Waals surface area (Å²) < 4.78 is 36.8. The second kappa shape index (κ2) is 16.4. The molecule has 0 spiro atoms. The largest absolute Gasteiger partial charge is 0.394 e. The lowest BCUT2D eigenvalue weighted by atomic mass is 10.1. The topological polar surface area (TPSA) is 105 Å². The van der Waals surface area contributed by atoms with Crippen LogP contribution in [0.4, 0.5) is 0 Å². The Balaban J connectivity index is 1.74. The average Bonchev–Trinajstić information content (AvgIpc) is 3.01. The maximum atomic E-state index is 9.75. The van der Waals surface area contributed by atoms with Gasteiger partial charge in [-0.3, -0.25) is 0 Å². The Kier molecular flexibility index (Phi) is 14.6. The van der Waals surface area contributed by atoms with E-state index in [-0.39, 0.29) is 20.0 Å². The Morgan fingerprint density at radius 2 is 1.42 bits per heavy atom. The Morgan fingerprint density at radius 1 is 0.885 bits per heavy atom. The van der Waals surface area contributed by atoms with Crippen molar-refractivity contribution in [3.8, 4) is 12.3 Å². The molecule has 0 unspecified atom stereocenters. The van der Waals surface area contributed by atoms with Gasteiger partial charge in [0.2, 0.25) is 0 Å². The highest BCUT2D eigenvalue weighted by Crippen LogP contribution is 2.16. The van der Waals surface area contributed by atoms with Gasteiger partial charge in [-0.1, -0.05) is 5.92 Å². The minimum atomic E-state index is -0.837. The van der Waals surface area contributed by atoms with Crippen LogP contribution in [0, 0.1) is 12.3 Å². The summed E-state index contributed by atoms with van der Waals surface area (Å²) in [6.45, 7) is 4.02. The van der Waals surface area contributed by atoms with Crippen LogP contribution in [0.1, 0.15) is 0 Å². The van der Waals surface area contributed by atoms with Crippen LogP contribution in [0.3, 0.4) is 0 Å². The Hall–Kier alpha value is -0.800. The second-order valence-electron chi connectivity index (χ2n) is 5.37. The fraction of sp³-hybridized carbons (Fsp3) is 0.882. The van der Waals surface area contributed by atoms with Crippen LogP contribution in [-0.2, 0) is 33.2 Å². The fourth-order valence-electron chi connectivity index (χ4n) is 2.07. The third-order valence-electron chi connectivity index (χ3n) is 3.46. The molecule has 9 nitrogen and oxygen atoms in total. The summed E-state index contributed by atoms with van der Waals surface area (Å²) in [5, 5.41) is 18.7. The van der Waals surface area contributed by atoms with E-state index in [0.29, 0.717) is 59.5 Å². The van der Waals surface area contributed by atoms with Gasteiger partial charge in [-0.2, -0.15) is 0 Å². The monoisotopic (exact) mass is 378 g/mol. The van der Waals surface area contributed by atoms with E-state index in [1.807, 2.05) is 0 Å². The van der Waals surface area contributed by atoms with Crippen molar-refractivity contribution in [2.75, 3.05) is 79.5 Å². The first-order chi connectivity index (χ1) is 12.8. The van der Waals surface area contributed by atoms with Crippen LogP contribution in [0.15, 0.2) is 0 Å². The minimum absolute atomic E-state index is 0.0332. The zero-order chi connectivity index (χ0) is 18.9. The predicted molar refractivity (Wildman–Crippen MR) is 90.6 cm³/mol. The number of aliphatic hydroxyl groups is 2. The van der Waals surface area contributed by atoms with Gasteiger partial charge in [-0.05, 0) is 0 Å². The van der Waals surface area contributed by atoms with Crippen LogP contribution in [0.5, 0.6) is 0 Å². The van der Waals surface area contributed by atoms with Crippen molar-refractivity contribution in [1.82, 2.24) is 0 Å². The zero-order valence-corrected chi connectivity index (χ0v) is 15.0. The van der Waals surface area contributed by atoms with Crippen LogP contribution >= 0.6 is 0 Å². The Bertz CT molecular complexity index is 361. The van der Waals surface area contributed by atoms with Crippen LogP contribution < -0.4 is 0 Å². The summed E-state index contributed by atoms with van der Waals surface area (Å²) in [5.74, 6) is 2.38. The fourth-order valence-corrected chi connectivity index (χ4v) is 2.07. The van der Waals surface area contributed by atoms with Gasteiger partial charge in [-0.15, -0.1) is 6.42 Å². The van der Waals surface area contributed by atoms with E-state index in [4.69, 9.17) is 44.7 Å². The molecule has 0 aromatic rings. The summed E-state index contributed by atoms with van der Waals surface area (Å²) in [4.78, 5) is 0. The van der Waals surface area contributed by atoms with Gasteiger partial charge in [0.15, 0.2) is 0 Å². The van der Waals surface area contributed by atoms with Gasteiger partial charge in [-0.25, -0.2) is 0 Å². The van der Waals surface area contributed by atoms with E-state index >= 15 is 0 Å². The molecule has 0 aromatic carbocycles. The van der Waals surface area contributed by atoms with E-state index in [9.17, 15) is 5.11 Å². The zero-order valence-electron chi connectivity index (χ0n) is 15.0. The van der Waals surface area contributed by atoms with Gasteiger partial charge in [0.25, 0.3) is 0 Å². The maximum absolute atomic E-state index is 9.75. The van der Waals surface area contributed by atoms with Crippen LogP contribution in [0.25, 0.3) is 0 Å². The van der Waals surface area contributed by atoms with Crippen molar-refractivity contribution >= 4 is 0 Å². The molecule has 0 saturated carbocycles. The highest BCUT2D eigenvalue weighted by atomic mass is 16.7. The lowest BCUT2D eigenvalue weighted by Crippen LogP contribution is -2.34. The third kappa shape index (κ3) is 11.0. The van der Waals surface area contributed by atoms with E-state index in [1.54, 1.807) is 0 Å². The van der Waals surface area contributed by atoms with Crippen molar-refractivity contribution in [3.63, 3.8) is 0 Å². The molecule has 152 valence electrons. The van der Waals surface area contributed by atoms with Gasteiger partial charge < -0.3 is 43.4 Å². The Morgan fingerprint density at radius 3 is 1.92 bits per heavy atom. The quantitative estimate of drug-likeness (QED) is 0.183. The van der Waals surface area contributed by atoms with Crippen molar-refractivity contribution in [1.29, 1.82) is 0 Å². The summed E-state index contributed by atoms with van der Waals surface area (Å²) in [7, 11) is 0. The molecule has 0 amide bonds. The van der Waals surface area contributed by atoms with E-state index in [2.05, 4.69) is 5.92 Å². The molecule has 1 aliphatic heterocycles. The molecular weight excluding hydrogens is 348 g/mol. The number of aliphatic hydroxyl groups excluding tert-OH is 2. The number of rotatable bonds is 17. The first kappa shape index (κ1) is 23.2. The summed E-state index contributed by atoms with van der Waals surface area (Å²) in [6.07, 6.45) is 3.14. The summed E-state index contributed by atoms with van der Waals surface area (Å²) in [5.41, 5.74) is 0. The molecule has 1 saturated heterocycles. The highest BCUT2D eigenvalue weighted by Gasteiger charge is 2.36. The third-order valence-corrected chi connectivity index (χ3v) is 3.46. The van der Waals surface area contributed by atoms with E-state index < -0.39 is 18.3 Å². The van der Waals surface area contributed by atoms with E-state index in [0.717, 1.165) is 0 Å². The molecule has 0 radical (unpaired) electrons. The molecule has 26 heavy (non-hydrogen) atoms. The van der Waals surface area contributed by atoms with Gasteiger partial charge in [0, 0.05) is 0 Å². The summed E-state index contributed by atoms with van der Waals surface area (Å²) in [6, 6.07) is 0. The van der Waals surface area contributed by atoms with Crippen molar-refractivity contribution in [3.05, 3.63) is 0 Å². The van der Waals surface area contributed by atoms with Gasteiger partial charge in [0.05, 0.1) is 66.1 Å². The molecule has 0 aromatic heterocycles. The predicted octanol–water partition coefficient (Wildman–Crippen LogP) is -1.20. The van der Waals surface area contributed by atoms with Crippen molar-refractivity contribution < 1.29 is 43.4 Å². The van der Waals surface area contributed by atoms with Crippen LogP contribution in [0.2, 0.25) is 0 Å². The number of terminal acetylenes is 1. The van der Waals surface area contributed by atoms with Crippen molar-refractivity contribution in [2.24, 2.45) is 0 Å². The standard InChI is InChI=1S/C17H30O9/c1-2-3-20-4-5-21-6-7-22-8-9-23-10-11-24-14-26-16-13-25-15(12-18)17(16)19/h1,15-19H,3-14H2/t15-,16+,17-/m1/s1. The molecule has 1 fully saturated rings. The molecule has 0 bridgehead atoms. The number of hydrogen-bond acceptors (Lipinski definition) is 9.